The number of carbonyl (C=O) groups is 1. The minimum absolute atomic E-state index is 0.246. The van der Waals surface area contributed by atoms with Crippen LogP contribution in [0.25, 0.3) is 0 Å². The third kappa shape index (κ3) is 3.17. The Balaban J connectivity index is 1.79. The van der Waals surface area contributed by atoms with E-state index in [1.807, 2.05) is 32.9 Å². The lowest BCUT2D eigenvalue weighted by molar-refractivity contribution is 0.0158. The molecule has 1 fully saturated rings. The van der Waals surface area contributed by atoms with Gasteiger partial charge in [0.15, 0.2) is 0 Å². The van der Waals surface area contributed by atoms with Crippen LogP contribution in [0, 0.1) is 5.41 Å². The van der Waals surface area contributed by atoms with Gasteiger partial charge < -0.3 is 19.6 Å². The minimum Gasteiger partial charge on any atom is -0.496 e. The number of carbonyl (C=O) groups excluding carboxylic acids is 1. The van der Waals surface area contributed by atoms with Gasteiger partial charge in [0.25, 0.3) is 0 Å². The lowest BCUT2D eigenvalue weighted by Crippen LogP contribution is -2.47. The largest absolute Gasteiger partial charge is 0.496 e. The maximum Gasteiger partial charge on any atom is 0.410 e. The van der Waals surface area contributed by atoms with Gasteiger partial charge in [0.2, 0.25) is 0 Å². The molecule has 0 aromatic heterocycles. The Morgan fingerprint density at radius 1 is 1.28 bits per heavy atom. The van der Waals surface area contributed by atoms with E-state index in [0.29, 0.717) is 18.8 Å². The summed E-state index contributed by atoms with van der Waals surface area (Å²) in [5.41, 5.74) is 1.98. The molecule has 25 heavy (non-hydrogen) atoms. The number of rotatable bonds is 1. The van der Waals surface area contributed by atoms with Crippen LogP contribution in [0.5, 0.6) is 5.75 Å². The second kappa shape index (κ2) is 6.24. The van der Waals surface area contributed by atoms with Crippen LogP contribution in [0.15, 0.2) is 23.4 Å². The number of piperidine rings is 1. The van der Waals surface area contributed by atoms with Crippen LogP contribution in [0.2, 0.25) is 0 Å². The standard InChI is InChI=1S/C19H26N2O4/c1-18(2,3)25-17(22)21-10-8-19(9-11-21)12-13-6-5-7-14(24-4)15(13)16(19)20-23/h5-7,23H,8-12H2,1-4H3/b20-16+. The van der Waals surface area contributed by atoms with E-state index in [4.69, 9.17) is 9.47 Å². The summed E-state index contributed by atoms with van der Waals surface area (Å²) >= 11 is 0. The molecule has 1 aromatic carbocycles. The van der Waals surface area contributed by atoms with Crippen LogP contribution in [0.3, 0.4) is 0 Å². The Hall–Kier alpha value is -2.24. The van der Waals surface area contributed by atoms with E-state index in [1.165, 1.54) is 0 Å². The first-order valence-electron chi connectivity index (χ1n) is 8.66. The topological polar surface area (TPSA) is 71.4 Å². The van der Waals surface area contributed by atoms with Gasteiger partial charge in [-0.15, -0.1) is 0 Å². The lowest BCUT2D eigenvalue weighted by atomic mass is 9.74. The number of methoxy groups -OCH3 is 1. The minimum atomic E-state index is -0.499. The van der Waals surface area contributed by atoms with Gasteiger partial charge in [0.1, 0.15) is 11.4 Å². The van der Waals surface area contributed by atoms with E-state index < -0.39 is 5.60 Å². The van der Waals surface area contributed by atoms with Crippen molar-refractivity contribution >= 4 is 11.8 Å². The highest BCUT2D eigenvalue weighted by Gasteiger charge is 2.48. The van der Waals surface area contributed by atoms with Crippen LogP contribution >= 0.6 is 0 Å². The summed E-state index contributed by atoms with van der Waals surface area (Å²) in [5.74, 6) is 0.733. The van der Waals surface area contributed by atoms with Gasteiger partial charge in [-0.2, -0.15) is 0 Å². The Kier molecular flexibility index (Phi) is 4.39. The Bertz CT molecular complexity index is 698. The maximum absolute atomic E-state index is 12.3. The number of ether oxygens (including phenoxy) is 2. The molecule has 3 rings (SSSR count). The van der Waals surface area contributed by atoms with E-state index in [1.54, 1.807) is 12.0 Å². The first-order valence-corrected chi connectivity index (χ1v) is 8.66. The summed E-state index contributed by atoms with van der Waals surface area (Å²) in [5, 5.41) is 13.4. The van der Waals surface area contributed by atoms with Gasteiger partial charge in [-0.25, -0.2) is 4.79 Å². The van der Waals surface area contributed by atoms with E-state index in [-0.39, 0.29) is 11.5 Å². The van der Waals surface area contributed by atoms with Crippen molar-refractivity contribution in [2.75, 3.05) is 20.2 Å². The third-order valence-electron chi connectivity index (χ3n) is 5.07. The molecule has 1 spiro atoms. The average Bonchev–Trinajstić information content (AvgIpc) is 2.86. The summed E-state index contributed by atoms with van der Waals surface area (Å²) < 4.78 is 10.9. The number of oxime groups is 1. The number of hydrogen-bond donors (Lipinski definition) is 1. The van der Waals surface area contributed by atoms with Gasteiger partial charge in [0.05, 0.1) is 12.8 Å². The number of nitrogens with zero attached hydrogens (tertiary/aromatic N) is 2. The number of benzene rings is 1. The predicted molar refractivity (Wildman–Crippen MR) is 94.5 cm³/mol. The van der Waals surface area contributed by atoms with Crippen molar-refractivity contribution in [2.45, 2.75) is 45.6 Å². The molecule has 136 valence electrons. The second-order valence-electron chi connectivity index (χ2n) is 7.87. The van der Waals surface area contributed by atoms with Crippen LogP contribution in [-0.2, 0) is 11.2 Å². The molecule has 1 aliphatic heterocycles. The van der Waals surface area contributed by atoms with E-state index in [9.17, 15) is 10.0 Å². The Morgan fingerprint density at radius 2 is 1.96 bits per heavy atom. The smallest absolute Gasteiger partial charge is 0.410 e. The zero-order chi connectivity index (χ0) is 18.2. The Morgan fingerprint density at radius 3 is 2.52 bits per heavy atom. The van der Waals surface area contributed by atoms with Gasteiger partial charge >= 0.3 is 6.09 Å². The first-order chi connectivity index (χ1) is 11.8. The maximum atomic E-state index is 12.3. The highest BCUT2D eigenvalue weighted by atomic mass is 16.6. The summed E-state index contributed by atoms with van der Waals surface area (Å²) in [6.07, 6.45) is 2.01. The molecule has 0 atom stereocenters. The van der Waals surface area contributed by atoms with E-state index in [2.05, 4.69) is 11.2 Å². The Labute approximate surface area is 148 Å². The molecule has 6 heteroatoms. The zero-order valence-corrected chi connectivity index (χ0v) is 15.3. The molecular weight excluding hydrogens is 320 g/mol. The van der Waals surface area contributed by atoms with E-state index >= 15 is 0 Å². The van der Waals surface area contributed by atoms with Gasteiger partial charge in [-0.1, -0.05) is 17.3 Å². The van der Waals surface area contributed by atoms with Crippen molar-refractivity contribution in [1.29, 1.82) is 0 Å². The first kappa shape index (κ1) is 17.6. The SMILES string of the molecule is COc1cccc2c1/C(=N\O)C1(CCN(C(=O)OC(C)(C)C)CC1)C2. The molecular formula is C19H26N2O4. The fourth-order valence-electron chi connectivity index (χ4n) is 3.89. The third-order valence-corrected chi connectivity index (χ3v) is 5.07. The van der Waals surface area contributed by atoms with Crippen molar-refractivity contribution in [3.05, 3.63) is 29.3 Å². The molecule has 1 aromatic rings. The number of amides is 1. The molecule has 1 amide bonds. The van der Waals surface area contributed by atoms with Gasteiger partial charge in [0, 0.05) is 24.1 Å². The van der Waals surface area contributed by atoms with Crippen LogP contribution in [-0.4, -0.2) is 47.7 Å². The molecule has 0 saturated carbocycles. The van der Waals surface area contributed by atoms with Crippen molar-refractivity contribution < 1.29 is 19.5 Å². The molecule has 1 heterocycles. The summed E-state index contributed by atoms with van der Waals surface area (Å²) in [6, 6.07) is 5.90. The monoisotopic (exact) mass is 346 g/mol. The zero-order valence-electron chi connectivity index (χ0n) is 15.3. The van der Waals surface area contributed by atoms with Gasteiger partial charge in [-0.3, -0.25) is 0 Å². The molecule has 0 radical (unpaired) electrons. The molecule has 6 nitrogen and oxygen atoms in total. The molecule has 0 unspecified atom stereocenters. The van der Waals surface area contributed by atoms with Crippen molar-refractivity contribution in [3.63, 3.8) is 0 Å². The van der Waals surface area contributed by atoms with Crippen molar-refractivity contribution in [1.82, 2.24) is 4.90 Å². The second-order valence-corrected chi connectivity index (χ2v) is 7.87. The molecule has 0 bridgehead atoms. The molecule has 1 N–H and O–H groups in total. The molecule has 2 aliphatic rings. The van der Waals surface area contributed by atoms with Gasteiger partial charge in [-0.05, 0) is 51.7 Å². The van der Waals surface area contributed by atoms with Crippen LogP contribution in [0.4, 0.5) is 4.79 Å². The quantitative estimate of drug-likeness (QED) is 0.624. The van der Waals surface area contributed by atoms with Crippen molar-refractivity contribution in [3.8, 4) is 5.75 Å². The highest BCUT2D eigenvalue weighted by molar-refractivity contribution is 6.10. The highest BCUT2D eigenvalue weighted by Crippen LogP contribution is 2.47. The number of fused-ring (bicyclic) bond motifs is 1. The van der Waals surface area contributed by atoms with E-state index in [0.717, 1.165) is 36.1 Å². The number of likely N-dealkylation sites (tertiary alicyclic amines) is 1. The van der Waals surface area contributed by atoms with Crippen LogP contribution in [0.1, 0.15) is 44.7 Å². The lowest BCUT2D eigenvalue weighted by Gasteiger charge is -2.39. The summed E-state index contributed by atoms with van der Waals surface area (Å²) in [4.78, 5) is 14.0. The van der Waals surface area contributed by atoms with Crippen molar-refractivity contribution in [2.24, 2.45) is 10.6 Å². The molecule has 1 aliphatic carbocycles. The summed E-state index contributed by atoms with van der Waals surface area (Å²) in [7, 11) is 1.63. The fourth-order valence-corrected chi connectivity index (χ4v) is 3.89. The average molecular weight is 346 g/mol. The fraction of sp³-hybridized carbons (Fsp3) is 0.579. The number of hydrogen-bond acceptors (Lipinski definition) is 5. The normalized spacial score (nSPS) is 20.6. The van der Waals surface area contributed by atoms with Crippen LogP contribution < -0.4 is 4.74 Å². The molecule has 1 saturated heterocycles. The predicted octanol–water partition coefficient (Wildman–Crippen LogP) is 3.45. The summed E-state index contributed by atoms with van der Waals surface area (Å²) in [6.45, 7) is 6.78.